The first kappa shape index (κ1) is 21.8. The van der Waals surface area contributed by atoms with E-state index in [1.807, 2.05) is 49.4 Å². The van der Waals surface area contributed by atoms with Crippen LogP contribution in [-0.2, 0) is 17.7 Å². The van der Waals surface area contributed by atoms with Crippen molar-refractivity contribution in [2.24, 2.45) is 0 Å². The quantitative estimate of drug-likeness (QED) is 0.303. The molecule has 0 fully saturated rings. The third-order valence-corrected chi connectivity index (χ3v) is 8.34. The van der Waals surface area contributed by atoms with E-state index in [-0.39, 0.29) is 12.0 Å². The summed E-state index contributed by atoms with van der Waals surface area (Å²) in [4.78, 5) is 36.6. The highest BCUT2D eigenvalue weighted by molar-refractivity contribution is 7.23. The summed E-state index contributed by atoms with van der Waals surface area (Å²) < 4.78 is 6.32. The molecule has 2 N–H and O–H groups in total. The summed E-state index contributed by atoms with van der Waals surface area (Å²) in [5.41, 5.74) is 4.55. The molecule has 35 heavy (non-hydrogen) atoms. The Hall–Kier alpha value is -3.69. The van der Waals surface area contributed by atoms with Gasteiger partial charge in [0.15, 0.2) is 0 Å². The molecule has 6 rings (SSSR count). The van der Waals surface area contributed by atoms with Crippen LogP contribution in [0.2, 0.25) is 0 Å². The zero-order chi connectivity index (χ0) is 23.9. The van der Waals surface area contributed by atoms with Crippen molar-refractivity contribution in [2.45, 2.75) is 19.9 Å². The first-order chi connectivity index (χ1) is 17.1. The van der Waals surface area contributed by atoms with Crippen LogP contribution in [0.25, 0.3) is 31.7 Å². The highest BCUT2D eigenvalue weighted by Crippen LogP contribution is 2.46. The molecular formula is C26H22N4O3S2. The first-order valence-corrected chi connectivity index (χ1v) is 13.1. The normalized spacial score (nSPS) is 13.2. The largest absolute Gasteiger partial charge is 0.450 e. The van der Waals surface area contributed by atoms with E-state index in [9.17, 15) is 9.59 Å². The van der Waals surface area contributed by atoms with E-state index in [1.165, 1.54) is 11.3 Å². The molecule has 0 atom stereocenters. The lowest BCUT2D eigenvalue weighted by Crippen LogP contribution is -2.35. The molecular weight excluding hydrogens is 480 g/mol. The fourth-order valence-electron chi connectivity index (χ4n) is 4.50. The summed E-state index contributed by atoms with van der Waals surface area (Å²) in [5, 5.41) is 5.68. The number of rotatable bonds is 4. The van der Waals surface area contributed by atoms with Gasteiger partial charge in [0.2, 0.25) is 0 Å². The second kappa shape index (κ2) is 8.83. The van der Waals surface area contributed by atoms with Crippen LogP contribution in [0.1, 0.15) is 27.7 Å². The molecule has 5 aromatic rings. The number of hydrogen-bond acceptors (Lipinski definition) is 6. The van der Waals surface area contributed by atoms with E-state index in [0.29, 0.717) is 31.7 Å². The van der Waals surface area contributed by atoms with E-state index < -0.39 is 0 Å². The molecule has 0 saturated carbocycles. The summed E-state index contributed by atoms with van der Waals surface area (Å²) in [7, 11) is 0. The molecule has 7 nitrogen and oxygen atoms in total. The summed E-state index contributed by atoms with van der Waals surface area (Å²) in [5.74, 6) is -0.175. The number of ether oxygens (including phenoxy) is 1. The maximum atomic E-state index is 13.4. The Morgan fingerprint density at radius 1 is 1.14 bits per heavy atom. The number of aromatic amines is 1. The van der Waals surface area contributed by atoms with Crippen LogP contribution < -0.4 is 5.32 Å². The highest BCUT2D eigenvalue weighted by atomic mass is 32.1. The standard InChI is InChI=1S/C26H22N4O3S2/c1-2-33-26(32)30-12-11-16-21(14-30)35-25(22(16)24-28-19-9-5-6-10-20(19)34-24)29-23(31)17-13-27-18-8-4-3-7-15(17)18/h3-10,13,27H,2,11-12,14H2,1H3,(H,29,31). The van der Waals surface area contributed by atoms with Gasteiger partial charge >= 0.3 is 6.09 Å². The Morgan fingerprint density at radius 2 is 1.97 bits per heavy atom. The lowest BCUT2D eigenvalue weighted by molar-refractivity contribution is 0.102. The molecule has 0 radical (unpaired) electrons. The third kappa shape index (κ3) is 3.86. The van der Waals surface area contributed by atoms with E-state index in [0.717, 1.165) is 47.1 Å². The molecule has 2 amide bonds. The number of para-hydroxylation sites is 2. The number of anilines is 1. The Bertz CT molecular complexity index is 1550. The number of nitrogens with zero attached hydrogens (tertiary/aromatic N) is 2. The Kier molecular flexibility index (Phi) is 5.50. The Balaban J connectivity index is 1.42. The van der Waals surface area contributed by atoms with Gasteiger partial charge in [-0.25, -0.2) is 9.78 Å². The van der Waals surface area contributed by atoms with Gasteiger partial charge in [-0.1, -0.05) is 30.3 Å². The predicted molar refractivity (Wildman–Crippen MR) is 140 cm³/mol. The minimum atomic E-state index is -0.308. The number of thiophene rings is 1. The fourth-order valence-corrected chi connectivity index (χ4v) is 6.87. The maximum Gasteiger partial charge on any atom is 0.410 e. The topological polar surface area (TPSA) is 87.3 Å². The van der Waals surface area contributed by atoms with Crippen molar-refractivity contribution in [3.63, 3.8) is 0 Å². The molecule has 4 heterocycles. The van der Waals surface area contributed by atoms with Crippen LogP contribution in [0.5, 0.6) is 0 Å². The van der Waals surface area contributed by atoms with Gasteiger partial charge in [0, 0.05) is 34.1 Å². The van der Waals surface area contributed by atoms with Gasteiger partial charge in [-0.15, -0.1) is 22.7 Å². The number of thiazole rings is 1. The minimum absolute atomic E-state index is 0.175. The summed E-state index contributed by atoms with van der Waals surface area (Å²) in [6, 6.07) is 15.8. The van der Waals surface area contributed by atoms with Gasteiger partial charge in [0.25, 0.3) is 5.91 Å². The van der Waals surface area contributed by atoms with E-state index in [2.05, 4.69) is 16.4 Å². The molecule has 0 bridgehead atoms. The van der Waals surface area contributed by atoms with Crippen molar-refractivity contribution in [1.82, 2.24) is 14.9 Å². The second-order valence-corrected chi connectivity index (χ2v) is 10.4. The van der Waals surface area contributed by atoms with Crippen LogP contribution >= 0.6 is 22.7 Å². The maximum absolute atomic E-state index is 13.4. The van der Waals surface area contributed by atoms with Crippen LogP contribution in [-0.4, -0.2) is 40.0 Å². The number of H-pyrrole nitrogens is 1. The number of nitrogens with one attached hydrogen (secondary N) is 2. The van der Waals surface area contributed by atoms with Crippen molar-refractivity contribution < 1.29 is 14.3 Å². The van der Waals surface area contributed by atoms with E-state index in [1.54, 1.807) is 22.4 Å². The summed E-state index contributed by atoms with van der Waals surface area (Å²) >= 11 is 3.13. The SMILES string of the molecule is CCOC(=O)N1CCc2c(sc(NC(=O)c3c[nH]c4ccccc34)c2-c2nc3ccccc3s2)C1. The van der Waals surface area contributed by atoms with Gasteiger partial charge in [-0.05, 0) is 37.1 Å². The van der Waals surface area contributed by atoms with E-state index >= 15 is 0 Å². The van der Waals surface area contributed by atoms with Crippen molar-refractivity contribution in [3.05, 3.63) is 70.7 Å². The molecule has 1 aliphatic heterocycles. The zero-order valence-corrected chi connectivity index (χ0v) is 20.6. The van der Waals surface area contributed by atoms with Crippen LogP contribution in [0.15, 0.2) is 54.7 Å². The molecule has 1 aliphatic rings. The van der Waals surface area contributed by atoms with Crippen LogP contribution in [0, 0.1) is 0 Å². The van der Waals surface area contributed by atoms with Gasteiger partial charge in [-0.3, -0.25) is 4.79 Å². The number of hydrogen-bond donors (Lipinski definition) is 2. The van der Waals surface area contributed by atoms with Crippen LogP contribution in [0.4, 0.5) is 9.80 Å². The fraction of sp³-hybridized carbons (Fsp3) is 0.192. The van der Waals surface area contributed by atoms with Crippen molar-refractivity contribution in [3.8, 4) is 10.6 Å². The smallest absolute Gasteiger partial charge is 0.410 e. The first-order valence-electron chi connectivity index (χ1n) is 11.4. The third-order valence-electron chi connectivity index (χ3n) is 6.15. The number of amides is 2. The number of fused-ring (bicyclic) bond motifs is 3. The number of benzene rings is 2. The zero-order valence-electron chi connectivity index (χ0n) is 19.0. The van der Waals surface area contributed by atoms with Gasteiger partial charge in [-0.2, -0.15) is 0 Å². The Morgan fingerprint density at radius 3 is 2.83 bits per heavy atom. The number of carbonyl (C=O) groups is 2. The van der Waals surface area contributed by atoms with Crippen molar-refractivity contribution in [1.29, 1.82) is 0 Å². The van der Waals surface area contributed by atoms with Gasteiger partial charge < -0.3 is 19.9 Å². The molecule has 0 aliphatic carbocycles. The molecule has 0 spiro atoms. The molecule has 0 saturated heterocycles. The lowest BCUT2D eigenvalue weighted by Gasteiger charge is -2.26. The van der Waals surface area contributed by atoms with Gasteiger partial charge in [0.1, 0.15) is 10.0 Å². The lowest BCUT2D eigenvalue weighted by atomic mass is 10.0. The average Bonchev–Trinajstić information content (AvgIpc) is 3.57. The average molecular weight is 503 g/mol. The summed E-state index contributed by atoms with van der Waals surface area (Å²) in [6.07, 6.45) is 2.11. The molecule has 3 aromatic heterocycles. The van der Waals surface area contributed by atoms with E-state index in [4.69, 9.17) is 9.72 Å². The molecule has 176 valence electrons. The van der Waals surface area contributed by atoms with Crippen LogP contribution in [0.3, 0.4) is 0 Å². The molecule has 2 aromatic carbocycles. The highest BCUT2D eigenvalue weighted by Gasteiger charge is 2.30. The molecule has 0 unspecified atom stereocenters. The monoisotopic (exact) mass is 502 g/mol. The summed E-state index contributed by atoms with van der Waals surface area (Å²) in [6.45, 7) is 3.17. The second-order valence-electron chi connectivity index (χ2n) is 8.27. The van der Waals surface area contributed by atoms with Crippen molar-refractivity contribution in [2.75, 3.05) is 18.5 Å². The van der Waals surface area contributed by atoms with Gasteiger partial charge in [0.05, 0.1) is 28.9 Å². The molecule has 9 heteroatoms. The predicted octanol–water partition coefficient (Wildman–Crippen LogP) is 6.27. The Labute approximate surface area is 209 Å². The number of carbonyl (C=O) groups excluding carboxylic acids is 2. The minimum Gasteiger partial charge on any atom is -0.450 e. The number of aromatic nitrogens is 2. The van der Waals surface area contributed by atoms with Crippen molar-refractivity contribution >= 4 is 60.8 Å².